The van der Waals surface area contributed by atoms with E-state index in [9.17, 15) is 4.79 Å². The lowest BCUT2D eigenvalue weighted by Crippen LogP contribution is -2.49. The number of nitrogens with zero attached hydrogens (tertiary/aromatic N) is 1. The van der Waals surface area contributed by atoms with Gasteiger partial charge in [0.15, 0.2) is 0 Å². The summed E-state index contributed by atoms with van der Waals surface area (Å²) < 4.78 is 0. The minimum atomic E-state index is -0.856. The molecular weight excluding hydrogens is 190 g/mol. The van der Waals surface area contributed by atoms with Crippen molar-refractivity contribution in [2.75, 3.05) is 20.1 Å². The predicted molar refractivity (Wildman–Crippen MR) is 63.4 cm³/mol. The predicted octanol–water partition coefficient (Wildman–Crippen LogP) is 0.701. The summed E-state index contributed by atoms with van der Waals surface area (Å²) >= 11 is 0. The van der Waals surface area contributed by atoms with Crippen molar-refractivity contribution in [1.29, 1.82) is 0 Å². The fraction of sp³-hybridized carbons (Fsp3) is 0.909. The molecule has 0 radical (unpaired) electrons. The number of unbranched alkanes of at least 4 members (excludes halogenated alkanes) is 1. The average molecular weight is 215 g/mol. The van der Waals surface area contributed by atoms with Gasteiger partial charge in [0.05, 0.1) is 5.54 Å². The van der Waals surface area contributed by atoms with Gasteiger partial charge in [0, 0.05) is 0 Å². The van der Waals surface area contributed by atoms with Crippen molar-refractivity contribution in [1.82, 2.24) is 4.90 Å². The second kappa shape index (κ2) is 6.80. The van der Waals surface area contributed by atoms with E-state index >= 15 is 0 Å². The van der Waals surface area contributed by atoms with Crippen molar-refractivity contribution in [3.05, 3.63) is 0 Å². The van der Waals surface area contributed by atoms with Gasteiger partial charge in [-0.05, 0) is 46.3 Å². The van der Waals surface area contributed by atoms with Gasteiger partial charge in [-0.25, -0.2) is 0 Å². The van der Waals surface area contributed by atoms with Gasteiger partial charge in [-0.2, -0.15) is 0 Å². The first-order chi connectivity index (χ1) is 6.90. The van der Waals surface area contributed by atoms with E-state index in [1.165, 1.54) is 12.8 Å². The van der Waals surface area contributed by atoms with E-state index in [0.717, 1.165) is 19.5 Å². The summed E-state index contributed by atoms with van der Waals surface area (Å²) in [6, 6.07) is 0. The largest absolute Gasteiger partial charge is 0.368 e. The van der Waals surface area contributed by atoms with Gasteiger partial charge < -0.3 is 16.4 Å². The van der Waals surface area contributed by atoms with Crippen LogP contribution >= 0.6 is 0 Å². The molecule has 0 saturated carbocycles. The van der Waals surface area contributed by atoms with Crippen molar-refractivity contribution in [2.45, 2.75) is 45.1 Å². The molecule has 0 aliphatic carbocycles. The second-order valence-corrected chi connectivity index (χ2v) is 4.54. The molecule has 1 unspecified atom stereocenters. The lowest BCUT2D eigenvalue weighted by atomic mass is 9.96. The van der Waals surface area contributed by atoms with Gasteiger partial charge in [-0.15, -0.1) is 0 Å². The van der Waals surface area contributed by atoms with Gasteiger partial charge >= 0.3 is 0 Å². The van der Waals surface area contributed by atoms with E-state index in [4.69, 9.17) is 11.5 Å². The highest BCUT2D eigenvalue weighted by atomic mass is 16.1. The van der Waals surface area contributed by atoms with Crippen LogP contribution in [0, 0.1) is 0 Å². The first-order valence-electron chi connectivity index (χ1n) is 5.67. The highest BCUT2D eigenvalue weighted by Gasteiger charge is 2.24. The third-order valence-corrected chi connectivity index (χ3v) is 2.69. The Morgan fingerprint density at radius 3 is 2.33 bits per heavy atom. The summed E-state index contributed by atoms with van der Waals surface area (Å²) in [6.45, 7) is 5.95. The zero-order valence-electron chi connectivity index (χ0n) is 10.3. The Morgan fingerprint density at radius 2 is 1.87 bits per heavy atom. The molecule has 90 valence electrons. The molecule has 0 aromatic rings. The number of carbonyl (C=O) groups excluding carboxylic acids is 1. The first kappa shape index (κ1) is 14.4. The Balaban J connectivity index is 3.65. The highest BCUT2D eigenvalue weighted by molar-refractivity contribution is 5.83. The Kier molecular flexibility index (Phi) is 6.52. The van der Waals surface area contributed by atoms with Crippen molar-refractivity contribution < 1.29 is 4.79 Å². The molecule has 0 fully saturated rings. The van der Waals surface area contributed by atoms with Gasteiger partial charge in [0.25, 0.3) is 0 Å². The Morgan fingerprint density at radius 1 is 1.33 bits per heavy atom. The number of rotatable bonds is 8. The van der Waals surface area contributed by atoms with E-state index in [1.54, 1.807) is 6.92 Å². The molecular formula is C11H25N3O. The van der Waals surface area contributed by atoms with E-state index in [2.05, 4.69) is 18.9 Å². The molecule has 1 atom stereocenters. The molecule has 0 saturated heterocycles. The lowest BCUT2D eigenvalue weighted by Gasteiger charge is -2.22. The summed E-state index contributed by atoms with van der Waals surface area (Å²) in [6.07, 6.45) is 3.99. The standard InChI is InChI=1S/C11H25N3O/c1-4-5-8-14(3)9-6-7-11(2,13)10(12)15/h4-9,13H2,1-3H3,(H2,12,15). The molecule has 0 aromatic carbocycles. The van der Waals surface area contributed by atoms with Crippen LogP contribution in [0.15, 0.2) is 0 Å². The molecule has 0 heterocycles. The summed E-state index contributed by atoms with van der Waals surface area (Å²) in [5.74, 6) is -0.418. The summed E-state index contributed by atoms with van der Waals surface area (Å²) in [5.41, 5.74) is 10.1. The maximum absolute atomic E-state index is 11.0. The van der Waals surface area contributed by atoms with Crippen molar-refractivity contribution >= 4 is 5.91 Å². The highest BCUT2D eigenvalue weighted by Crippen LogP contribution is 2.08. The number of amides is 1. The van der Waals surface area contributed by atoms with Crippen LogP contribution in [0.4, 0.5) is 0 Å². The fourth-order valence-corrected chi connectivity index (χ4v) is 1.38. The van der Waals surface area contributed by atoms with Crippen molar-refractivity contribution in [3.63, 3.8) is 0 Å². The van der Waals surface area contributed by atoms with Gasteiger partial charge in [-0.3, -0.25) is 4.79 Å². The van der Waals surface area contributed by atoms with Crippen LogP contribution in [-0.2, 0) is 4.79 Å². The van der Waals surface area contributed by atoms with Crippen LogP contribution in [0.5, 0.6) is 0 Å². The zero-order valence-corrected chi connectivity index (χ0v) is 10.3. The quantitative estimate of drug-likeness (QED) is 0.626. The van der Waals surface area contributed by atoms with Crippen LogP contribution < -0.4 is 11.5 Å². The fourth-order valence-electron chi connectivity index (χ4n) is 1.38. The summed E-state index contributed by atoms with van der Waals surface area (Å²) in [7, 11) is 2.09. The third-order valence-electron chi connectivity index (χ3n) is 2.69. The van der Waals surface area contributed by atoms with Crippen LogP contribution in [-0.4, -0.2) is 36.5 Å². The number of nitrogens with two attached hydrogens (primary N) is 2. The van der Waals surface area contributed by atoms with Gasteiger partial charge in [-0.1, -0.05) is 13.3 Å². The Bertz CT molecular complexity index is 192. The molecule has 15 heavy (non-hydrogen) atoms. The number of carbonyl (C=O) groups is 1. The molecule has 0 aliphatic rings. The smallest absolute Gasteiger partial charge is 0.237 e. The SMILES string of the molecule is CCCCN(C)CCCC(C)(N)C(N)=O. The second-order valence-electron chi connectivity index (χ2n) is 4.54. The van der Waals surface area contributed by atoms with Gasteiger partial charge in [0.2, 0.25) is 5.91 Å². The minimum Gasteiger partial charge on any atom is -0.368 e. The molecule has 0 spiro atoms. The van der Waals surface area contributed by atoms with Crippen LogP contribution in [0.1, 0.15) is 39.5 Å². The van der Waals surface area contributed by atoms with Crippen molar-refractivity contribution in [3.8, 4) is 0 Å². The minimum absolute atomic E-state index is 0.418. The molecule has 0 rings (SSSR count). The topological polar surface area (TPSA) is 72.3 Å². The van der Waals surface area contributed by atoms with E-state index in [0.29, 0.717) is 6.42 Å². The van der Waals surface area contributed by atoms with E-state index in [1.807, 2.05) is 0 Å². The number of hydrogen-bond donors (Lipinski definition) is 2. The molecule has 0 aromatic heterocycles. The lowest BCUT2D eigenvalue weighted by molar-refractivity contribution is -0.122. The Hall–Kier alpha value is -0.610. The average Bonchev–Trinajstić information content (AvgIpc) is 2.14. The molecule has 4 heteroatoms. The number of hydrogen-bond acceptors (Lipinski definition) is 3. The maximum Gasteiger partial charge on any atom is 0.237 e. The van der Waals surface area contributed by atoms with Crippen LogP contribution in [0.25, 0.3) is 0 Å². The van der Waals surface area contributed by atoms with Crippen LogP contribution in [0.3, 0.4) is 0 Å². The maximum atomic E-state index is 11.0. The van der Waals surface area contributed by atoms with Crippen LogP contribution in [0.2, 0.25) is 0 Å². The van der Waals surface area contributed by atoms with Gasteiger partial charge in [0.1, 0.15) is 0 Å². The zero-order chi connectivity index (χ0) is 11.9. The summed E-state index contributed by atoms with van der Waals surface area (Å²) in [5, 5.41) is 0. The van der Waals surface area contributed by atoms with Crippen molar-refractivity contribution in [2.24, 2.45) is 11.5 Å². The van der Waals surface area contributed by atoms with E-state index < -0.39 is 11.4 Å². The normalized spacial score (nSPS) is 15.3. The number of primary amides is 1. The Labute approximate surface area is 93.0 Å². The molecule has 4 nitrogen and oxygen atoms in total. The van der Waals surface area contributed by atoms with E-state index in [-0.39, 0.29) is 0 Å². The molecule has 4 N–H and O–H groups in total. The monoisotopic (exact) mass is 215 g/mol. The third kappa shape index (κ3) is 6.47. The summed E-state index contributed by atoms with van der Waals surface area (Å²) in [4.78, 5) is 13.2. The molecule has 0 aliphatic heterocycles. The molecule has 0 bridgehead atoms. The molecule has 1 amide bonds. The first-order valence-corrected chi connectivity index (χ1v) is 5.67.